The van der Waals surface area contributed by atoms with Gasteiger partial charge in [0, 0.05) is 0 Å². The number of phenolic OH excluding ortho intramolecular Hbond substituents is 2. The van der Waals surface area contributed by atoms with Crippen molar-refractivity contribution in [1.82, 2.24) is 0 Å². The van der Waals surface area contributed by atoms with E-state index in [0.29, 0.717) is 11.4 Å². The van der Waals surface area contributed by atoms with Crippen LogP contribution in [0.5, 0.6) is 11.5 Å². The quantitative estimate of drug-likeness (QED) is 0.625. The van der Waals surface area contributed by atoms with Crippen molar-refractivity contribution in [3.8, 4) is 11.5 Å². The number of rotatable bonds is 4. The Bertz CT molecular complexity index is 536. The van der Waals surface area contributed by atoms with Gasteiger partial charge in [0.05, 0.1) is 23.9 Å². The van der Waals surface area contributed by atoms with E-state index < -0.39 is 0 Å². The van der Waals surface area contributed by atoms with E-state index in [9.17, 15) is 0 Å². The summed E-state index contributed by atoms with van der Waals surface area (Å²) in [5.41, 5.74) is 1.32. The van der Waals surface area contributed by atoms with Crippen LogP contribution in [0, 0.1) is 0 Å². The molecule has 0 unspecified atom stereocenters. The van der Waals surface area contributed by atoms with Gasteiger partial charge in [-0.25, -0.2) is 0 Å². The van der Waals surface area contributed by atoms with Crippen molar-refractivity contribution >= 4 is 11.4 Å². The Morgan fingerprint density at radius 1 is 0.714 bits per heavy atom. The number of phenols is 2. The van der Waals surface area contributed by atoms with E-state index in [1.54, 1.807) is 48.5 Å². The number of azo groups is 1. The summed E-state index contributed by atoms with van der Waals surface area (Å²) in [7, 11) is 0. The predicted octanol–water partition coefficient (Wildman–Crippen LogP) is 4.80. The fraction of sp³-hybridized carbons (Fsp3) is 0. The van der Waals surface area contributed by atoms with E-state index in [0.717, 1.165) is 0 Å². The minimum absolute atomic E-state index is 0.198. The maximum absolute atomic E-state index is 9.07. The van der Waals surface area contributed by atoms with Gasteiger partial charge in [-0.05, 0) is 48.5 Å². The van der Waals surface area contributed by atoms with Gasteiger partial charge in [-0.1, -0.05) is 13.2 Å². The van der Waals surface area contributed by atoms with Gasteiger partial charge in [0.1, 0.15) is 11.5 Å². The van der Waals surface area contributed by atoms with Gasteiger partial charge < -0.3 is 14.9 Å². The lowest BCUT2D eigenvalue weighted by Crippen LogP contribution is -1.66. The molecular weight excluding hydrogens is 268 g/mol. The lowest BCUT2D eigenvalue weighted by Gasteiger charge is -1.94. The minimum Gasteiger partial charge on any atom is -0.508 e. The maximum Gasteiger partial charge on any atom is 0.115 e. The summed E-state index contributed by atoms with van der Waals surface area (Å²) in [5, 5.41) is 26.1. The third kappa shape index (κ3) is 6.58. The SMILES string of the molecule is C=COC=C.Oc1ccc(/N=N/c2ccc(O)cc2)cc1. The van der Waals surface area contributed by atoms with Crippen LogP contribution < -0.4 is 0 Å². The van der Waals surface area contributed by atoms with E-state index in [2.05, 4.69) is 28.1 Å². The molecule has 0 aliphatic carbocycles. The van der Waals surface area contributed by atoms with Crippen molar-refractivity contribution in [1.29, 1.82) is 0 Å². The fourth-order valence-electron chi connectivity index (χ4n) is 1.22. The molecular formula is C16H16N2O3. The molecule has 0 saturated heterocycles. The molecule has 0 radical (unpaired) electrons. The predicted molar refractivity (Wildman–Crippen MR) is 81.9 cm³/mol. The monoisotopic (exact) mass is 284 g/mol. The molecule has 0 fully saturated rings. The van der Waals surface area contributed by atoms with E-state index in [1.807, 2.05) is 0 Å². The first-order chi connectivity index (χ1) is 10.2. The second kappa shape index (κ2) is 8.92. The summed E-state index contributed by atoms with van der Waals surface area (Å²) in [6.45, 7) is 6.51. The van der Waals surface area contributed by atoms with Crippen molar-refractivity contribution in [2.75, 3.05) is 0 Å². The van der Waals surface area contributed by atoms with Crippen molar-refractivity contribution in [2.24, 2.45) is 10.2 Å². The minimum atomic E-state index is 0.198. The molecule has 0 aliphatic rings. The normalized spacial score (nSPS) is 9.52. The second-order valence-corrected chi connectivity index (χ2v) is 3.70. The smallest absolute Gasteiger partial charge is 0.115 e. The molecule has 2 aromatic rings. The van der Waals surface area contributed by atoms with Crippen molar-refractivity contribution in [3.05, 3.63) is 74.2 Å². The first-order valence-electron chi connectivity index (χ1n) is 6.03. The van der Waals surface area contributed by atoms with Crippen LogP contribution in [0.3, 0.4) is 0 Å². The molecule has 0 bridgehead atoms. The summed E-state index contributed by atoms with van der Waals surface area (Å²) in [6.07, 6.45) is 2.62. The number of aromatic hydroxyl groups is 2. The summed E-state index contributed by atoms with van der Waals surface area (Å²) in [5.74, 6) is 0.396. The molecule has 21 heavy (non-hydrogen) atoms. The molecule has 108 valence electrons. The molecule has 0 atom stereocenters. The fourth-order valence-corrected chi connectivity index (χ4v) is 1.22. The van der Waals surface area contributed by atoms with Crippen LogP contribution in [0.2, 0.25) is 0 Å². The Morgan fingerprint density at radius 3 is 1.29 bits per heavy atom. The summed E-state index contributed by atoms with van der Waals surface area (Å²) in [6, 6.07) is 12.9. The Hall–Kier alpha value is -3.08. The molecule has 2 N–H and O–H groups in total. The molecule has 0 aromatic heterocycles. The van der Waals surface area contributed by atoms with Crippen LogP contribution in [0.4, 0.5) is 11.4 Å². The van der Waals surface area contributed by atoms with Crippen molar-refractivity contribution < 1.29 is 14.9 Å². The first kappa shape index (κ1) is 16.0. The van der Waals surface area contributed by atoms with Gasteiger partial charge in [0.25, 0.3) is 0 Å². The van der Waals surface area contributed by atoms with Crippen LogP contribution in [-0.2, 0) is 4.74 Å². The summed E-state index contributed by atoms with van der Waals surface area (Å²) < 4.78 is 4.36. The highest BCUT2D eigenvalue weighted by atomic mass is 16.5. The highest BCUT2D eigenvalue weighted by molar-refractivity contribution is 5.43. The van der Waals surface area contributed by atoms with Crippen LogP contribution in [0.15, 0.2) is 84.4 Å². The highest BCUT2D eigenvalue weighted by Gasteiger charge is 1.92. The van der Waals surface area contributed by atoms with E-state index in [-0.39, 0.29) is 11.5 Å². The Balaban J connectivity index is 0.000000383. The molecule has 0 saturated carbocycles. The van der Waals surface area contributed by atoms with Crippen molar-refractivity contribution in [3.63, 3.8) is 0 Å². The zero-order valence-electron chi connectivity index (χ0n) is 11.4. The second-order valence-electron chi connectivity index (χ2n) is 3.70. The Morgan fingerprint density at radius 2 is 1.05 bits per heavy atom. The zero-order chi connectivity index (χ0) is 15.5. The third-order valence-corrected chi connectivity index (χ3v) is 2.17. The standard InChI is InChI=1S/C12H10N2O2.C4H6O/c15-11-5-1-9(2-6-11)13-14-10-3-7-12(16)8-4-10;1-3-5-4-2/h1-8,15-16H;3-4H,1-2H2/b14-13+;. The van der Waals surface area contributed by atoms with Crippen LogP contribution in [0.1, 0.15) is 0 Å². The molecule has 5 heteroatoms. The number of hydrogen-bond donors (Lipinski definition) is 2. The molecule has 0 aliphatic heterocycles. The van der Waals surface area contributed by atoms with Gasteiger partial charge in [-0.3, -0.25) is 0 Å². The zero-order valence-corrected chi connectivity index (χ0v) is 11.4. The maximum atomic E-state index is 9.07. The topological polar surface area (TPSA) is 74.4 Å². The number of benzene rings is 2. The molecule has 5 nitrogen and oxygen atoms in total. The Kier molecular flexibility index (Phi) is 6.79. The van der Waals surface area contributed by atoms with Crippen LogP contribution in [-0.4, -0.2) is 10.2 Å². The van der Waals surface area contributed by atoms with Crippen LogP contribution in [0.25, 0.3) is 0 Å². The van der Waals surface area contributed by atoms with Crippen molar-refractivity contribution in [2.45, 2.75) is 0 Å². The summed E-state index contributed by atoms with van der Waals surface area (Å²) >= 11 is 0. The lowest BCUT2D eigenvalue weighted by molar-refractivity contribution is 0.406. The van der Waals surface area contributed by atoms with Gasteiger partial charge in [0.2, 0.25) is 0 Å². The molecule has 2 aromatic carbocycles. The number of hydrogen-bond acceptors (Lipinski definition) is 5. The molecule has 0 heterocycles. The van der Waals surface area contributed by atoms with Gasteiger partial charge in [-0.15, -0.1) is 0 Å². The number of nitrogens with zero attached hydrogens (tertiary/aromatic N) is 2. The highest BCUT2D eigenvalue weighted by Crippen LogP contribution is 2.21. The van der Waals surface area contributed by atoms with E-state index in [1.165, 1.54) is 12.5 Å². The Labute approximate surface area is 123 Å². The summed E-state index contributed by atoms with van der Waals surface area (Å²) in [4.78, 5) is 0. The third-order valence-electron chi connectivity index (χ3n) is 2.17. The largest absolute Gasteiger partial charge is 0.508 e. The lowest BCUT2D eigenvalue weighted by atomic mass is 10.3. The average Bonchev–Trinajstić information content (AvgIpc) is 2.50. The van der Waals surface area contributed by atoms with E-state index in [4.69, 9.17) is 10.2 Å². The molecule has 0 spiro atoms. The molecule has 2 rings (SSSR count). The van der Waals surface area contributed by atoms with Gasteiger partial charge >= 0.3 is 0 Å². The number of ether oxygens (including phenoxy) is 1. The molecule has 0 amide bonds. The first-order valence-corrected chi connectivity index (χ1v) is 6.03. The van der Waals surface area contributed by atoms with Gasteiger partial charge in [-0.2, -0.15) is 10.2 Å². The van der Waals surface area contributed by atoms with Gasteiger partial charge in [0.15, 0.2) is 0 Å². The van der Waals surface area contributed by atoms with E-state index >= 15 is 0 Å². The van der Waals surface area contributed by atoms with Crippen LogP contribution >= 0.6 is 0 Å². The average molecular weight is 284 g/mol.